The maximum absolute atomic E-state index is 11.8. The molecule has 0 bridgehead atoms. The second-order valence-electron chi connectivity index (χ2n) is 4.42. The lowest BCUT2D eigenvalue weighted by molar-refractivity contribution is -0.119. The van der Waals surface area contributed by atoms with Gasteiger partial charge in [-0.3, -0.25) is 4.79 Å². The molecule has 21 heavy (non-hydrogen) atoms. The summed E-state index contributed by atoms with van der Waals surface area (Å²) >= 11 is 0. The molecule has 0 unspecified atom stereocenters. The number of aliphatic hydroxyl groups excluding tert-OH is 1. The largest absolute Gasteiger partial charge is 0.392 e. The number of benzene rings is 2. The zero-order valence-electron chi connectivity index (χ0n) is 11.6. The Bertz CT molecular complexity index is 561. The molecule has 5 heteroatoms. The van der Waals surface area contributed by atoms with Crippen LogP contribution in [0.2, 0.25) is 0 Å². The van der Waals surface area contributed by atoms with Crippen molar-refractivity contribution in [1.29, 1.82) is 0 Å². The van der Waals surface area contributed by atoms with Gasteiger partial charge in [0.2, 0.25) is 5.91 Å². The second kappa shape index (κ2) is 9.00. The van der Waals surface area contributed by atoms with E-state index in [1.807, 2.05) is 54.6 Å². The van der Waals surface area contributed by atoms with Crippen molar-refractivity contribution in [3.05, 3.63) is 65.7 Å². The van der Waals surface area contributed by atoms with Crippen molar-refractivity contribution in [3.8, 4) is 0 Å². The summed E-state index contributed by atoms with van der Waals surface area (Å²) < 4.78 is 0. The summed E-state index contributed by atoms with van der Waals surface area (Å²) in [5, 5.41) is 15.1. The molecular formula is C16H19ClN2O2. The molecule has 112 valence electrons. The summed E-state index contributed by atoms with van der Waals surface area (Å²) in [7, 11) is 0. The van der Waals surface area contributed by atoms with Crippen molar-refractivity contribution in [1.82, 2.24) is 5.32 Å². The molecule has 2 rings (SSSR count). The smallest absolute Gasteiger partial charge is 0.239 e. The first kappa shape index (κ1) is 17.0. The van der Waals surface area contributed by atoms with Crippen molar-refractivity contribution in [2.75, 3.05) is 11.9 Å². The lowest BCUT2D eigenvalue weighted by atomic mass is 10.1. The average Bonchev–Trinajstić information content (AvgIpc) is 2.52. The number of rotatable bonds is 6. The molecular weight excluding hydrogens is 288 g/mol. The number of hydrogen-bond acceptors (Lipinski definition) is 3. The zero-order valence-corrected chi connectivity index (χ0v) is 12.4. The van der Waals surface area contributed by atoms with Crippen LogP contribution in [0.15, 0.2) is 54.6 Å². The second-order valence-corrected chi connectivity index (χ2v) is 4.42. The van der Waals surface area contributed by atoms with Gasteiger partial charge in [0.25, 0.3) is 0 Å². The van der Waals surface area contributed by atoms with Gasteiger partial charge in [-0.15, -0.1) is 12.4 Å². The molecule has 0 aliphatic rings. The van der Waals surface area contributed by atoms with E-state index in [1.54, 1.807) is 0 Å². The van der Waals surface area contributed by atoms with Gasteiger partial charge in [-0.05, 0) is 23.3 Å². The van der Waals surface area contributed by atoms with Crippen LogP contribution in [0.4, 0.5) is 5.69 Å². The van der Waals surface area contributed by atoms with E-state index in [-0.39, 0.29) is 31.5 Å². The molecule has 0 spiro atoms. The average molecular weight is 307 g/mol. The predicted molar refractivity (Wildman–Crippen MR) is 86.4 cm³/mol. The first-order valence-corrected chi connectivity index (χ1v) is 6.53. The Morgan fingerprint density at radius 1 is 0.952 bits per heavy atom. The van der Waals surface area contributed by atoms with Gasteiger partial charge in [-0.1, -0.05) is 42.5 Å². The molecule has 0 radical (unpaired) electrons. The maximum Gasteiger partial charge on any atom is 0.239 e. The van der Waals surface area contributed by atoms with E-state index >= 15 is 0 Å². The lowest BCUT2D eigenvalue weighted by Crippen LogP contribution is -2.29. The van der Waals surface area contributed by atoms with E-state index in [4.69, 9.17) is 0 Å². The third kappa shape index (κ3) is 5.45. The van der Waals surface area contributed by atoms with Crippen LogP contribution in [-0.4, -0.2) is 17.6 Å². The first-order valence-electron chi connectivity index (χ1n) is 6.53. The van der Waals surface area contributed by atoms with Crippen molar-refractivity contribution < 1.29 is 9.90 Å². The number of nitrogens with one attached hydrogen (secondary N) is 2. The third-order valence-corrected chi connectivity index (χ3v) is 2.99. The number of hydrogen-bond donors (Lipinski definition) is 3. The number of carbonyl (C=O) groups excluding carboxylic acids is 1. The molecule has 0 aromatic heterocycles. The Kier molecular flexibility index (Phi) is 7.29. The summed E-state index contributed by atoms with van der Waals surface area (Å²) in [5.41, 5.74) is 2.69. The van der Waals surface area contributed by atoms with Crippen LogP contribution in [0.1, 0.15) is 11.1 Å². The maximum atomic E-state index is 11.8. The fourth-order valence-corrected chi connectivity index (χ4v) is 1.88. The number of anilines is 1. The predicted octanol–water partition coefficient (Wildman–Crippen LogP) is 2.33. The van der Waals surface area contributed by atoms with Gasteiger partial charge in [0.1, 0.15) is 0 Å². The molecule has 0 saturated carbocycles. The Morgan fingerprint density at radius 3 is 2.24 bits per heavy atom. The van der Waals surface area contributed by atoms with Crippen LogP contribution in [0.25, 0.3) is 0 Å². The summed E-state index contributed by atoms with van der Waals surface area (Å²) in [6, 6.07) is 17.1. The van der Waals surface area contributed by atoms with E-state index in [0.29, 0.717) is 6.54 Å². The summed E-state index contributed by atoms with van der Waals surface area (Å²) in [4.78, 5) is 11.8. The fourth-order valence-electron chi connectivity index (χ4n) is 1.88. The highest BCUT2D eigenvalue weighted by atomic mass is 35.5. The summed E-state index contributed by atoms with van der Waals surface area (Å²) in [6.07, 6.45) is 0. The van der Waals surface area contributed by atoms with Crippen LogP contribution in [-0.2, 0) is 17.9 Å². The molecule has 0 fully saturated rings. The quantitative estimate of drug-likeness (QED) is 0.767. The van der Waals surface area contributed by atoms with Crippen molar-refractivity contribution >= 4 is 24.0 Å². The van der Waals surface area contributed by atoms with Crippen molar-refractivity contribution in [2.45, 2.75) is 13.2 Å². The van der Waals surface area contributed by atoms with E-state index in [9.17, 15) is 9.90 Å². The zero-order chi connectivity index (χ0) is 14.2. The van der Waals surface area contributed by atoms with E-state index in [0.717, 1.165) is 16.8 Å². The van der Waals surface area contributed by atoms with E-state index < -0.39 is 0 Å². The Hall–Kier alpha value is -2.04. The van der Waals surface area contributed by atoms with Crippen LogP contribution >= 0.6 is 12.4 Å². The first-order chi connectivity index (χ1) is 9.79. The summed E-state index contributed by atoms with van der Waals surface area (Å²) in [5.74, 6) is -0.0819. The Morgan fingerprint density at radius 2 is 1.57 bits per heavy atom. The molecule has 0 saturated heterocycles. The number of amides is 1. The molecule has 2 aromatic carbocycles. The van der Waals surface area contributed by atoms with Crippen LogP contribution in [0.3, 0.4) is 0 Å². The number of aliphatic hydroxyl groups is 1. The molecule has 3 N–H and O–H groups in total. The lowest BCUT2D eigenvalue weighted by Gasteiger charge is -2.10. The van der Waals surface area contributed by atoms with E-state index in [1.165, 1.54) is 0 Å². The minimum absolute atomic E-state index is 0. The third-order valence-electron chi connectivity index (χ3n) is 2.99. The molecule has 1 amide bonds. The molecule has 0 atom stereocenters. The van der Waals surface area contributed by atoms with Gasteiger partial charge in [-0.25, -0.2) is 0 Å². The highest BCUT2D eigenvalue weighted by Gasteiger charge is 2.04. The van der Waals surface area contributed by atoms with Gasteiger partial charge in [-0.2, -0.15) is 0 Å². The molecule has 2 aromatic rings. The number of para-hydroxylation sites is 1. The monoisotopic (exact) mass is 306 g/mol. The molecule has 0 aliphatic heterocycles. The van der Waals surface area contributed by atoms with Gasteiger partial charge < -0.3 is 15.7 Å². The SMILES string of the molecule is Cl.O=C(CNc1ccccc1)NCc1ccccc1CO. The standard InChI is InChI=1S/C16H18N2O2.ClH/c19-12-14-7-5-4-6-13(14)10-18-16(20)11-17-15-8-2-1-3-9-15;/h1-9,17,19H,10-12H2,(H,18,20);1H. The highest BCUT2D eigenvalue weighted by Crippen LogP contribution is 2.08. The van der Waals surface area contributed by atoms with Gasteiger partial charge in [0, 0.05) is 12.2 Å². The van der Waals surface area contributed by atoms with Crippen molar-refractivity contribution in [3.63, 3.8) is 0 Å². The Balaban J connectivity index is 0.00000220. The normalized spacial score (nSPS) is 9.57. The minimum Gasteiger partial charge on any atom is -0.392 e. The van der Waals surface area contributed by atoms with Crippen LogP contribution < -0.4 is 10.6 Å². The van der Waals surface area contributed by atoms with Crippen molar-refractivity contribution in [2.24, 2.45) is 0 Å². The van der Waals surface area contributed by atoms with E-state index in [2.05, 4.69) is 10.6 Å². The molecule has 0 aliphatic carbocycles. The highest BCUT2D eigenvalue weighted by molar-refractivity contribution is 5.85. The minimum atomic E-state index is -0.0819. The fraction of sp³-hybridized carbons (Fsp3) is 0.188. The van der Waals surface area contributed by atoms with Crippen LogP contribution in [0, 0.1) is 0 Å². The van der Waals surface area contributed by atoms with Gasteiger partial charge >= 0.3 is 0 Å². The molecule has 0 heterocycles. The van der Waals surface area contributed by atoms with Gasteiger partial charge in [0.05, 0.1) is 13.2 Å². The van der Waals surface area contributed by atoms with Crippen LogP contribution in [0.5, 0.6) is 0 Å². The Labute approximate surface area is 130 Å². The molecule has 4 nitrogen and oxygen atoms in total. The number of halogens is 1. The summed E-state index contributed by atoms with van der Waals surface area (Å²) in [6.45, 7) is 0.631. The van der Waals surface area contributed by atoms with Gasteiger partial charge in [0.15, 0.2) is 0 Å². The topological polar surface area (TPSA) is 61.4 Å². The number of carbonyl (C=O) groups is 1.